The summed E-state index contributed by atoms with van der Waals surface area (Å²) in [5, 5.41) is 0. The van der Waals surface area contributed by atoms with Gasteiger partial charge >= 0.3 is 0 Å². The van der Waals surface area contributed by atoms with Crippen LogP contribution in [-0.2, 0) is 4.74 Å². The largest absolute Gasteiger partial charge is 0.367 e. The van der Waals surface area contributed by atoms with Crippen molar-refractivity contribution in [3.05, 3.63) is 58.0 Å². The number of allylic oxidation sites excluding steroid dienone is 10. The van der Waals surface area contributed by atoms with Gasteiger partial charge in [-0.25, -0.2) is 4.39 Å². The van der Waals surface area contributed by atoms with E-state index >= 15 is 0 Å². The molecule has 0 bridgehead atoms. The van der Waals surface area contributed by atoms with Crippen LogP contribution in [0.1, 0.15) is 120 Å². The lowest BCUT2D eigenvalue weighted by atomic mass is 10.0. The smallest absolute Gasteiger partial charge is 0.0991 e. The maximum atomic E-state index is 14.4. The van der Waals surface area contributed by atoms with Gasteiger partial charge in [-0.2, -0.15) is 0 Å². The third-order valence-electron chi connectivity index (χ3n) is 6.42. The Balaban J connectivity index is 2.25. The van der Waals surface area contributed by atoms with Gasteiger partial charge in [-0.15, -0.1) is 0 Å². The minimum Gasteiger partial charge on any atom is -0.367 e. The molecule has 2 heteroatoms. The summed E-state index contributed by atoms with van der Waals surface area (Å²) >= 11 is 0. The van der Waals surface area contributed by atoms with Crippen LogP contribution < -0.4 is 0 Å². The van der Waals surface area contributed by atoms with E-state index in [9.17, 15) is 4.39 Å². The van der Waals surface area contributed by atoms with Crippen LogP contribution in [0.4, 0.5) is 4.39 Å². The molecule has 0 spiro atoms. The van der Waals surface area contributed by atoms with Crippen LogP contribution in [0.2, 0.25) is 0 Å². The fourth-order valence-electron chi connectivity index (χ4n) is 3.87. The molecule has 1 aliphatic heterocycles. The highest BCUT2D eigenvalue weighted by Gasteiger charge is 2.46. The van der Waals surface area contributed by atoms with Gasteiger partial charge in [0, 0.05) is 6.42 Å². The van der Waals surface area contributed by atoms with Crippen LogP contribution in [-0.4, -0.2) is 11.7 Å². The van der Waals surface area contributed by atoms with E-state index in [1.165, 1.54) is 22.3 Å². The Hall–Kier alpha value is -1.41. The van der Waals surface area contributed by atoms with Gasteiger partial charge < -0.3 is 4.74 Å². The molecule has 0 aromatic rings. The number of hydrogen-bond donors (Lipinski definition) is 0. The average molecular weight is 445 g/mol. The quantitative estimate of drug-likeness (QED) is 0.181. The summed E-state index contributed by atoms with van der Waals surface area (Å²) in [5.74, 6) is 0.0746. The highest BCUT2D eigenvalue weighted by atomic mass is 19.1. The molecule has 1 heterocycles. The topological polar surface area (TPSA) is 12.5 Å². The van der Waals surface area contributed by atoms with Crippen molar-refractivity contribution in [3.63, 3.8) is 0 Å². The first-order chi connectivity index (χ1) is 15.0. The van der Waals surface area contributed by atoms with Crippen LogP contribution in [0.5, 0.6) is 0 Å². The van der Waals surface area contributed by atoms with Gasteiger partial charge in [-0.3, -0.25) is 0 Å². The Kier molecular flexibility index (Phi) is 13.1. The lowest BCUT2D eigenvalue weighted by molar-refractivity contribution is 0.320. The Morgan fingerprint density at radius 2 is 1.12 bits per heavy atom. The lowest BCUT2D eigenvalue weighted by Crippen LogP contribution is -2.02. The van der Waals surface area contributed by atoms with E-state index in [4.69, 9.17) is 4.74 Å². The third-order valence-corrected chi connectivity index (χ3v) is 6.42. The van der Waals surface area contributed by atoms with Crippen molar-refractivity contribution in [2.24, 2.45) is 0 Å². The Labute approximate surface area is 198 Å². The van der Waals surface area contributed by atoms with Crippen molar-refractivity contribution in [2.75, 3.05) is 0 Å². The fourth-order valence-corrected chi connectivity index (χ4v) is 3.87. The van der Waals surface area contributed by atoms with Gasteiger partial charge in [-0.1, -0.05) is 46.6 Å². The van der Waals surface area contributed by atoms with E-state index in [0.29, 0.717) is 12.5 Å². The molecule has 32 heavy (non-hydrogen) atoms. The zero-order chi connectivity index (χ0) is 24.1. The van der Waals surface area contributed by atoms with Gasteiger partial charge in [0.15, 0.2) is 0 Å². The van der Waals surface area contributed by atoms with E-state index in [1.54, 1.807) is 0 Å². The minimum atomic E-state index is 0.0746. The second kappa shape index (κ2) is 14.7. The molecule has 0 amide bonds. The van der Waals surface area contributed by atoms with Gasteiger partial charge in [0.05, 0.1) is 17.5 Å². The molecule has 1 aliphatic rings. The highest BCUT2D eigenvalue weighted by molar-refractivity contribution is 5.10. The lowest BCUT2D eigenvalue weighted by Gasteiger charge is -2.05. The molecular weight excluding hydrogens is 395 g/mol. The van der Waals surface area contributed by atoms with Crippen molar-refractivity contribution >= 4 is 0 Å². The molecule has 1 saturated heterocycles. The van der Waals surface area contributed by atoms with Crippen LogP contribution in [0.15, 0.2) is 58.0 Å². The molecule has 0 aromatic heterocycles. The summed E-state index contributed by atoms with van der Waals surface area (Å²) < 4.78 is 20.1. The number of rotatable bonds is 15. The standard InChI is InChI=1S/C30H49FO/c1-23(2)13-9-14-24(3)17-11-19-27(6)28(31)20-12-18-25(4)15-10-16-26(5)21-22-29-30(7,8)32-29/h13,16-18,29H,9-12,14-15,19-22H2,1-8H3/b24-17+,25-18+,26-16+,28-27-/t29-/m0/s1. The van der Waals surface area contributed by atoms with Gasteiger partial charge in [0.1, 0.15) is 0 Å². The average Bonchev–Trinajstić information content (AvgIpc) is 3.32. The molecule has 1 fully saturated rings. The number of halogens is 1. The zero-order valence-electron chi connectivity index (χ0n) is 22.2. The first-order valence-electron chi connectivity index (χ1n) is 12.6. The molecule has 0 saturated carbocycles. The zero-order valence-corrected chi connectivity index (χ0v) is 22.2. The maximum absolute atomic E-state index is 14.4. The summed E-state index contributed by atoms with van der Waals surface area (Å²) in [6.45, 7) is 17.1. The van der Waals surface area contributed by atoms with E-state index in [-0.39, 0.29) is 11.4 Å². The number of hydrogen-bond acceptors (Lipinski definition) is 1. The SMILES string of the molecule is CC(C)=CCC/C(C)=C/CC/C(C)=C(\F)CC/C=C(\C)CC/C=C(\C)CC[C@@H]1OC1(C)C. The Morgan fingerprint density at radius 3 is 1.62 bits per heavy atom. The monoisotopic (exact) mass is 444 g/mol. The third kappa shape index (κ3) is 13.2. The van der Waals surface area contributed by atoms with Crippen molar-refractivity contribution in [3.8, 4) is 0 Å². The summed E-state index contributed by atoms with van der Waals surface area (Å²) in [4.78, 5) is 0. The van der Waals surface area contributed by atoms with Crippen molar-refractivity contribution < 1.29 is 9.13 Å². The molecule has 0 unspecified atom stereocenters. The summed E-state index contributed by atoms with van der Waals surface area (Å²) in [5.41, 5.74) is 6.60. The van der Waals surface area contributed by atoms with E-state index in [0.717, 1.165) is 63.4 Å². The number of ether oxygens (including phenoxy) is 1. The second-order valence-corrected chi connectivity index (χ2v) is 10.5. The Morgan fingerprint density at radius 1 is 0.688 bits per heavy atom. The first-order valence-corrected chi connectivity index (χ1v) is 12.6. The molecular formula is C30H49FO. The maximum Gasteiger partial charge on any atom is 0.0991 e. The summed E-state index contributed by atoms with van der Waals surface area (Å²) in [7, 11) is 0. The van der Waals surface area contributed by atoms with E-state index in [1.807, 2.05) is 6.92 Å². The molecule has 182 valence electrons. The van der Waals surface area contributed by atoms with Gasteiger partial charge in [0.25, 0.3) is 0 Å². The summed E-state index contributed by atoms with van der Waals surface area (Å²) in [6, 6.07) is 0. The molecule has 1 atom stereocenters. The molecule has 0 radical (unpaired) electrons. The van der Waals surface area contributed by atoms with Crippen molar-refractivity contribution in [2.45, 2.75) is 131 Å². The first kappa shape index (κ1) is 28.6. The predicted molar refractivity (Wildman–Crippen MR) is 140 cm³/mol. The molecule has 0 aliphatic carbocycles. The van der Waals surface area contributed by atoms with Crippen LogP contribution in [0, 0.1) is 0 Å². The van der Waals surface area contributed by atoms with Crippen molar-refractivity contribution in [1.82, 2.24) is 0 Å². The molecule has 0 aromatic carbocycles. The van der Waals surface area contributed by atoms with E-state index in [2.05, 4.69) is 72.8 Å². The second-order valence-electron chi connectivity index (χ2n) is 10.5. The van der Waals surface area contributed by atoms with Crippen LogP contribution in [0.25, 0.3) is 0 Å². The van der Waals surface area contributed by atoms with Crippen LogP contribution >= 0.6 is 0 Å². The van der Waals surface area contributed by atoms with Gasteiger partial charge in [0.2, 0.25) is 0 Å². The van der Waals surface area contributed by atoms with Crippen molar-refractivity contribution in [1.29, 1.82) is 0 Å². The predicted octanol–water partition coefficient (Wildman–Crippen LogP) is 10.1. The molecule has 1 rings (SSSR count). The normalized spacial score (nSPS) is 19.7. The molecule has 1 nitrogen and oxygen atoms in total. The van der Waals surface area contributed by atoms with E-state index < -0.39 is 0 Å². The Bertz CT molecular complexity index is 726. The summed E-state index contributed by atoms with van der Waals surface area (Å²) in [6.07, 6.45) is 19.2. The fraction of sp³-hybridized carbons (Fsp3) is 0.667. The van der Waals surface area contributed by atoms with Gasteiger partial charge in [-0.05, 0) is 119 Å². The van der Waals surface area contributed by atoms with Crippen LogP contribution in [0.3, 0.4) is 0 Å². The molecule has 0 N–H and O–H groups in total. The highest BCUT2D eigenvalue weighted by Crippen LogP contribution is 2.38. The number of epoxide rings is 1. The minimum absolute atomic E-state index is 0.0746.